The van der Waals surface area contributed by atoms with E-state index in [1.165, 1.54) is 0 Å². The minimum Gasteiger partial charge on any atom is -0.380 e. The highest BCUT2D eigenvalue weighted by Gasteiger charge is 2.27. The molecule has 1 aromatic carbocycles. The van der Waals surface area contributed by atoms with Crippen molar-refractivity contribution in [1.82, 2.24) is 5.32 Å². The average molecular weight is 266 g/mol. The van der Waals surface area contributed by atoms with Crippen LogP contribution in [0.3, 0.4) is 0 Å². The number of nitrogens with one attached hydrogen (secondary N) is 1. The van der Waals surface area contributed by atoms with Gasteiger partial charge in [-0.1, -0.05) is 0 Å². The molecule has 0 spiro atoms. The van der Waals surface area contributed by atoms with Gasteiger partial charge in [-0.2, -0.15) is 5.26 Å². The van der Waals surface area contributed by atoms with E-state index in [1.807, 2.05) is 6.92 Å². The van der Waals surface area contributed by atoms with Crippen LogP contribution in [0.1, 0.15) is 30.9 Å². The zero-order valence-electron chi connectivity index (χ0n) is 10.8. The molecule has 102 valence electrons. The molecule has 3 nitrogen and oxygen atoms in total. The summed E-state index contributed by atoms with van der Waals surface area (Å²) in [5.41, 5.74) is -0.304. The molecule has 1 N–H and O–H groups in total. The lowest BCUT2D eigenvalue weighted by Crippen LogP contribution is -2.48. The molecule has 1 aliphatic rings. The molecular formula is C14H16F2N2O. The third kappa shape index (κ3) is 3.28. The van der Waals surface area contributed by atoms with E-state index in [0.29, 0.717) is 6.61 Å². The van der Waals surface area contributed by atoms with Gasteiger partial charge >= 0.3 is 0 Å². The summed E-state index contributed by atoms with van der Waals surface area (Å²) >= 11 is 0. The molecule has 0 saturated carbocycles. The Balaban J connectivity index is 2.09. The largest absolute Gasteiger partial charge is 0.380 e. The maximum atomic E-state index is 13.7. The Hall–Kier alpha value is -1.51. The number of halogens is 2. The molecule has 1 heterocycles. The number of nitriles is 1. The van der Waals surface area contributed by atoms with Crippen LogP contribution in [0.5, 0.6) is 0 Å². The fourth-order valence-electron chi connectivity index (χ4n) is 2.21. The van der Waals surface area contributed by atoms with E-state index in [2.05, 4.69) is 5.32 Å². The summed E-state index contributed by atoms with van der Waals surface area (Å²) in [7, 11) is 0. The second kappa shape index (κ2) is 5.64. The fourth-order valence-corrected chi connectivity index (χ4v) is 2.21. The topological polar surface area (TPSA) is 45.0 Å². The van der Waals surface area contributed by atoms with Crippen molar-refractivity contribution in [2.24, 2.45) is 0 Å². The molecule has 1 fully saturated rings. The summed E-state index contributed by atoms with van der Waals surface area (Å²) in [6.45, 7) is 3.33. The van der Waals surface area contributed by atoms with Crippen molar-refractivity contribution < 1.29 is 13.5 Å². The van der Waals surface area contributed by atoms with Gasteiger partial charge in [-0.05, 0) is 31.9 Å². The molecule has 1 aliphatic heterocycles. The second-order valence-electron chi connectivity index (χ2n) is 5.10. The SMILES string of the molecule is CC1(NCc2c(F)cc(C#N)cc2F)CCCOC1. The van der Waals surface area contributed by atoms with Crippen molar-refractivity contribution in [2.75, 3.05) is 13.2 Å². The van der Waals surface area contributed by atoms with Crippen LogP contribution >= 0.6 is 0 Å². The van der Waals surface area contributed by atoms with Gasteiger partial charge in [0.1, 0.15) is 11.6 Å². The van der Waals surface area contributed by atoms with Crippen LogP contribution < -0.4 is 5.32 Å². The summed E-state index contributed by atoms with van der Waals surface area (Å²) in [5, 5.41) is 11.8. The summed E-state index contributed by atoms with van der Waals surface area (Å²) in [5.74, 6) is -1.38. The van der Waals surface area contributed by atoms with Crippen molar-refractivity contribution >= 4 is 0 Å². The average Bonchev–Trinajstić information content (AvgIpc) is 2.38. The van der Waals surface area contributed by atoms with Gasteiger partial charge in [0.05, 0.1) is 18.2 Å². The van der Waals surface area contributed by atoms with Crippen LogP contribution in [-0.4, -0.2) is 18.8 Å². The minimum atomic E-state index is -0.690. The standard InChI is InChI=1S/C14H16F2N2O/c1-14(3-2-4-19-9-14)18-8-11-12(15)5-10(7-17)6-13(11)16/h5-6,18H,2-4,8-9H2,1H3. The third-order valence-corrected chi connectivity index (χ3v) is 3.40. The number of rotatable bonds is 3. The molecule has 1 unspecified atom stereocenters. The van der Waals surface area contributed by atoms with Gasteiger partial charge in [0.25, 0.3) is 0 Å². The Bertz CT molecular complexity index is 482. The van der Waals surface area contributed by atoms with Crippen molar-refractivity contribution in [3.05, 3.63) is 34.9 Å². The first-order valence-corrected chi connectivity index (χ1v) is 6.25. The third-order valence-electron chi connectivity index (χ3n) is 3.40. The number of nitrogens with zero attached hydrogens (tertiary/aromatic N) is 1. The predicted molar refractivity (Wildman–Crippen MR) is 66.4 cm³/mol. The van der Waals surface area contributed by atoms with Crippen molar-refractivity contribution in [2.45, 2.75) is 31.8 Å². The lowest BCUT2D eigenvalue weighted by molar-refractivity contribution is 0.0275. The molecule has 0 amide bonds. The van der Waals surface area contributed by atoms with Gasteiger partial charge < -0.3 is 10.1 Å². The number of hydrogen-bond donors (Lipinski definition) is 1. The fraction of sp³-hybridized carbons (Fsp3) is 0.500. The van der Waals surface area contributed by atoms with Crippen LogP contribution in [0, 0.1) is 23.0 Å². The Kier molecular flexibility index (Phi) is 4.13. The molecule has 0 aromatic heterocycles. The molecule has 1 aromatic rings. The second-order valence-corrected chi connectivity index (χ2v) is 5.10. The first kappa shape index (κ1) is 13.9. The number of ether oxygens (including phenoxy) is 1. The van der Waals surface area contributed by atoms with E-state index in [0.717, 1.165) is 31.6 Å². The zero-order chi connectivity index (χ0) is 13.9. The Morgan fingerprint density at radius 1 is 1.42 bits per heavy atom. The highest BCUT2D eigenvalue weighted by Crippen LogP contribution is 2.21. The first-order chi connectivity index (χ1) is 9.04. The van der Waals surface area contributed by atoms with Crippen LogP contribution in [0.25, 0.3) is 0 Å². The predicted octanol–water partition coefficient (Wildman–Crippen LogP) is 2.50. The molecule has 5 heteroatoms. The van der Waals surface area contributed by atoms with E-state index < -0.39 is 11.6 Å². The van der Waals surface area contributed by atoms with Gasteiger partial charge in [-0.3, -0.25) is 0 Å². The lowest BCUT2D eigenvalue weighted by Gasteiger charge is -2.34. The maximum absolute atomic E-state index is 13.7. The monoisotopic (exact) mass is 266 g/mol. The van der Waals surface area contributed by atoms with Crippen molar-refractivity contribution in [3.8, 4) is 6.07 Å². The summed E-state index contributed by atoms with van der Waals surface area (Å²) in [6.07, 6.45) is 1.84. The minimum absolute atomic E-state index is 0.00837. The van der Waals surface area contributed by atoms with Gasteiger partial charge in [0.15, 0.2) is 0 Å². The van der Waals surface area contributed by atoms with Gasteiger partial charge in [-0.15, -0.1) is 0 Å². The number of benzene rings is 1. The van der Waals surface area contributed by atoms with E-state index >= 15 is 0 Å². The first-order valence-electron chi connectivity index (χ1n) is 6.25. The molecule has 2 rings (SSSR count). The van der Waals surface area contributed by atoms with E-state index in [1.54, 1.807) is 6.07 Å². The van der Waals surface area contributed by atoms with Crippen LogP contribution in [0.4, 0.5) is 8.78 Å². The molecule has 1 saturated heterocycles. The normalized spacial score (nSPS) is 23.1. The maximum Gasteiger partial charge on any atom is 0.131 e. The molecule has 0 radical (unpaired) electrons. The summed E-state index contributed by atoms with van der Waals surface area (Å²) in [4.78, 5) is 0. The molecule has 1 atom stereocenters. The summed E-state index contributed by atoms with van der Waals surface area (Å²) in [6, 6.07) is 3.84. The highest BCUT2D eigenvalue weighted by molar-refractivity contribution is 5.34. The smallest absolute Gasteiger partial charge is 0.131 e. The lowest BCUT2D eigenvalue weighted by atomic mass is 9.94. The summed E-state index contributed by atoms with van der Waals surface area (Å²) < 4.78 is 32.8. The quantitative estimate of drug-likeness (QED) is 0.914. The van der Waals surface area contributed by atoms with E-state index in [4.69, 9.17) is 10.00 Å². The Morgan fingerprint density at radius 2 is 2.11 bits per heavy atom. The van der Waals surface area contributed by atoms with Crippen LogP contribution in [-0.2, 0) is 11.3 Å². The number of hydrogen-bond acceptors (Lipinski definition) is 3. The molecular weight excluding hydrogens is 250 g/mol. The Morgan fingerprint density at radius 3 is 2.63 bits per heavy atom. The van der Waals surface area contributed by atoms with Gasteiger partial charge in [-0.25, -0.2) is 8.78 Å². The van der Waals surface area contributed by atoms with E-state index in [-0.39, 0.29) is 23.2 Å². The van der Waals surface area contributed by atoms with E-state index in [9.17, 15) is 8.78 Å². The molecule has 0 bridgehead atoms. The molecule has 0 aliphatic carbocycles. The van der Waals surface area contributed by atoms with Crippen LogP contribution in [0.15, 0.2) is 12.1 Å². The van der Waals surface area contributed by atoms with Crippen LogP contribution in [0.2, 0.25) is 0 Å². The zero-order valence-corrected chi connectivity index (χ0v) is 10.8. The van der Waals surface area contributed by atoms with Crippen molar-refractivity contribution in [3.63, 3.8) is 0 Å². The Labute approximate surface area is 111 Å². The highest BCUT2D eigenvalue weighted by atomic mass is 19.1. The molecule has 19 heavy (non-hydrogen) atoms. The van der Waals surface area contributed by atoms with Gasteiger partial charge in [0.2, 0.25) is 0 Å². The van der Waals surface area contributed by atoms with Gasteiger partial charge in [0, 0.05) is 24.3 Å². The van der Waals surface area contributed by atoms with Crippen molar-refractivity contribution in [1.29, 1.82) is 5.26 Å².